The molecule has 39 heavy (non-hydrogen) atoms. The molecule has 0 radical (unpaired) electrons. The van der Waals surface area contributed by atoms with E-state index in [-0.39, 0.29) is 50.8 Å². The second-order valence-corrected chi connectivity index (χ2v) is 14.0. The maximum absolute atomic E-state index is 14.7. The highest BCUT2D eigenvalue weighted by molar-refractivity contribution is 7.81. The lowest BCUT2D eigenvalue weighted by atomic mass is 10.0. The Kier molecular flexibility index (Phi) is 9.80. The molecule has 14 heteroatoms. The summed E-state index contributed by atoms with van der Waals surface area (Å²) in [5, 5.41) is 0.708. The highest BCUT2D eigenvalue weighted by atomic mass is 35.5. The normalized spacial score (nSPS) is 20.0. The minimum absolute atomic E-state index is 0.0380. The molecule has 4 rings (SSSR count). The quantitative estimate of drug-likeness (QED) is 0.129. The van der Waals surface area contributed by atoms with Gasteiger partial charge in [0.1, 0.15) is 29.4 Å². The maximum Gasteiger partial charge on any atom is 0.397 e. The van der Waals surface area contributed by atoms with Gasteiger partial charge in [-0.05, 0) is 0 Å². The van der Waals surface area contributed by atoms with Gasteiger partial charge < -0.3 is 18.8 Å². The fraction of sp³-hybridized carbons (Fsp3) is 0.280. The largest absolute Gasteiger partial charge is 0.491 e. The number of methoxy groups -OCH3 is 1. The summed E-state index contributed by atoms with van der Waals surface area (Å²) >= 11 is 25.0. The van der Waals surface area contributed by atoms with Gasteiger partial charge in [-0.15, -0.1) is 0 Å². The van der Waals surface area contributed by atoms with Gasteiger partial charge in [-0.3, -0.25) is 4.55 Å². The van der Waals surface area contributed by atoms with Crippen molar-refractivity contribution in [1.82, 2.24) is 0 Å². The van der Waals surface area contributed by atoms with Crippen molar-refractivity contribution in [2.24, 2.45) is 0 Å². The molecule has 210 valence electrons. The second kappa shape index (κ2) is 12.6. The molecule has 1 aliphatic rings. The Hall–Kier alpha value is -1.52. The third-order valence-electron chi connectivity index (χ3n) is 6.14. The van der Waals surface area contributed by atoms with Crippen molar-refractivity contribution >= 4 is 74.6 Å². The van der Waals surface area contributed by atoms with Gasteiger partial charge in [-0.2, -0.15) is 8.42 Å². The predicted molar refractivity (Wildman–Crippen MR) is 153 cm³/mol. The molecule has 0 aliphatic carbocycles. The van der Waals surface area contributed by atoms with Crippen molar-refractivity contribution in [2.45, 2.75) is 24.7 Å². The molecule has 3 aromatic rings. The fourth-order valence-corrected chi connectivity index (χ4v) is 8.68. The van der Waals surface area contributed by atoms with Crippen LogP contribution < -0.4 is 20.1 Å². The molecule has 3 aromatic carbocycles. The van der Waals surface area contributed by atoms with Gasteiger partial charge in [0.05, 0.1) is 29.9 Å². The predicted octanol–water partition coefficient (Wildman–Crippen LogP) is 6.05. The molecule has 8 nitrogen and oxygen atoms in total. The van der Waals surface area contributed by atoms with Gasteiger partial charge in [0, 0.05) is 23.2 Å². The van der Waals surface area contributed by atoms with Crippen molar-refractivity contribution in [2.75, 3.05) is 19.9 Å². The molecule has 0 amide bonds. The van der Waals surface area contributed by atoms with Crippen LogP contribution in [-0.4, -0.2) is 51.2 Å². The first-order chi connectivity index (χ1) is 18.5. The zero-order valence-corrected chi connectivity index (χ0v) is 25.0. The van der Waals surface area contributed by atoms with E-state index in [9.17, 15) is 17.5 Å². The molecule has 1 heterocycles. The average molecular weight is 656 g/mol. The van der Waals surface area contributed by atoms with Crippen LogP contribution in [0.1, 0.15) is 6.42 Å². The Balaban J connectivity index is 1.77. The van der Waals surface area contributed by atoms with Crippen molar-refractivity contribution in [3.63, 3.8) is 0 Å². The zero-order valence-electron chi connectivity index (χ0n) is 20.3. The summed E-state index contributed by atoms with van der Waals surface area (Å²) in [5.74, 6) is -0.147. The van der Waals surface area contributed by atoms with Crippen molar-refractivity contribution < 1.29 is 35.9 Å². The van der Waals surface area contributed by atoms with E-state index >= 15 is 0 Å². The van der Waals surface area contributed by atoms with E-state index in [0.29, 0.717) is 10.6 Å². The van der Waals surface area contributed by atoms with Crippen LogP contribution in [0.2, 0.25) is 20.1 Å². The van der Waals surface area contributed by atoms with Crippen LogP contribution in [0.15, 0.2) is 60.7 Å². The van der Waals surface area contributed by atoms with E-state index in [4.69, 9.17) is 64.8 Å². The Morgan fingerprint density at radius 1 is 0.897 bits per heavy atom. The van der Waals surface area contributed by atoms with Gasteiger partial charge in [0.25, 0.3) is 0 Å². The average Bonchev–Trinajstić information content (AvgIpc) is 2.92. The van der Waals surface area contributed by atoms with Gasteiger partial charge in [-0.25, -0.2) is 4.18 Å². The van der Waals surface area contributed by atoms with Gasteiger partial charge in [0.15, 0.2) is 11.5 Å². The van der Waals surface area contributed by atoms with Crippen molar-refractivity contribution in [3.8, 4) is 11.5 Å². The number of hydrogen-bond donors (Lipinski definition) is 1. The first kappa shape index (κ1) is 30.4. The van der Waals surface area contributed by atoms with Crippen LogP contribution in [0.3, 0.4) is 0 Å². The van der Waals surface area contributed by atoms with E-state index in [0.717, 1.165) is 0 Å². The first-order valence-corrected chi connectivity index (χ1v) is 16.3. The van der Waals surface area contributed by atoms with E-state index < -0.39 is 35.9 Å². The van der Waals surface area contributed by atoms with Crippen LogP contribution in [0.5, 0.6) is 11.5 Å². The zero-order chi connectivity index (χ0) is 28.4. The molecule has 0 saturated carbocycles. The van der Waals surface area contributed by atoms with Crippen LogP contribution in [0.25, 0.3) is 0 Å². The van der Waals surface area contributed by atoms with E-state index in [1.165, 1.54) is 7.11 Å². The van der Waals surface area contributed by atoms with Gasteiger partial charge in [-0.1, -0.05) is 107 Å². The summed E-state index contributed by atoms with van der Waals surface area (Å²) in [6, 6.07) is 17.5. The van der Waals surface area contributed by atoms with Crippen molar-refractivity contribution in [1.29, 1.82) is 0 Å². The number of ether oxygens (including phenoxy) is 3. The SMILES string of the molecule is COc1c(Cl)c(Cl)c(Cl)c(Cl)c1O[C@@H]1CCO[C@H](CP(=O)(c2ccccc2)c2ccccc2)[C@H]1OS(=O)(=O)O. The summed E-state index contributed by atoms with van der Waals surface area (Å²) in [4.78, 5) is 0. The van der Waals surface area contributed by atoms with Crippen LogP contribution >= 0.6 is 53.5 Å². The Labute approximate surface area is 246 Å². The molecule has 1 saturated heterocycles. The first-order valence-electron chi connectivity index (χ1n) is 11.5. The highest BCUT2D eigenvalue weighted by Gasteiger charge is 2.45. The monoisotopic (exact) mass is 654 g/mol. The molecule has 1 N–H and O–H groups in total. The Morgan fingerprint density at radius 2 is 1.41 bits per heavy atom. The van der Waals surface area contributed by atoms with Crippen molar-refractivity contribution in [3.05, 3.63) is 80.8 Å². The fourth-order valence-electron chi connectivity index (χ4n) is 4.36. The van der Waals surface area contributed by atoms with Gasteiger partial charge in [0.2, 0.25) is 0 Å². The summed E-state index contributed by atoms with van der Waals surface area (Å²) in [5.41, 5.74) is 0. The number of rotatable bonds is 9. The van der Waals surface area contributed by atoms with E-state index in [2.05, 4.69) is 0 Å². The van der Waals surface area contributed by atoms with Crippen LogP contribution in [-0.2, 0) is 23.9 Å². The lowest BCUT2D eigenvalue weighted by molar-refractivity contribution is -0.107. The molecule has 1 fully saturated rings. The van der Waals surface area contributed by atoms with Gasteiger partial charge >= 0.3 is 10.4 Å². The Morgan fingerprint density at radius 3 is 1.90 bits per heavy atom. The third-order valence-corrected chi connectivity index (χ3v) is 11.5. The van der Waals surface area contributed by atoms with E-state index in [1.54, 1.807) is 60.7 Å². The smallest absolute Gasteiger partial charge is 0.397 e. The molecule has 0 aromatic heterocycles. The third kappa shape index (κ3) is 6.70. The summed E-state index contributed by atoms with van der Waals surface area (Å²) < 4.78 is 70.6. The van der Waals surface area contributed by atoms with E-state index in [1.807, 2.05) is 0 Å². The van der Waals surface area contributed by atoms with Crippen LogP contribution in [0, 0.1) is 0 Å². The molecule has 3 atom stereocenters. The topological polar surface area (TPSA) is 108 Å². The molecule has 1 aliphatic heterocycles. The minimum Gasteiger partial charge on any atom is -0.491 e. The van der Waals surface area contributed by atoms with Crippen LogP contribution in [0.4, 0.5) is 0 Å². The number of hydrogen-bond acceptors (Lipinski definition) is 7. The molecular weight excluding hydrogens is 633 g/mol. The lowest BCUT2D eigenvalue weighted by Crippen LogP contribution is -2.52. The summed E-state index contributed by atoms with van der Waals surface area (Å²) in [6.45, 7) is 0.0826. The summed E-state index contributed by atoms with van der Waals surface area (Å²) in [7, 11) is -7.09. The number of benzene rings is 3. The highest BCUT2D eigenvalue weighted by Crippen LogP contribution is 2.51. The lowest BCUT2D eigenvalue weighted by Gasteiger charge is -2.38. The number of halogens is 4. The molecular formula is C25H23Cl4O8PS. The minimum atomic E-state index is -5.00. The Bertz CT molecular complexity index is 1430. The second-order valence-electron chi connectivity index (χ2n) is 8.55. The molecule has 0 spiro atoms. The maximum atomic E-state index is 14.7. The standard InChI is InChI=1S/C25H23Cl4O8PS/c1-34-24-21(28)19(26)20(27)22(29)25(24)36-17-12-13-35-18(23(17)37-39(31,32)33)14-38(30,15-8-4-2-5-9-15)16-10-6-3-7-11-16/h2-11,17-18,23H,12-14H2,1H3,(H,31,32,33)/t17-,18-,23+/m1/s1. The molecule has 0 unspecified atom stereocenters. The summed E-state index contributed by atoms with van der Waals surface area (Å²) in [6.07, 6.45) is -3.67. The molecule has 0 bridgehead atoms.